The predicted octanol–water partition coefficient (Wildman–Crippen LogP) is 1.39. The number of benzene rings is 1. The Kier molecular flexibility index (Phi) is 3.65. The smallest absolute Gasteiger partial charge is 0.243 e. The van der Waals surface area contributed by atoms with Crippen molar-refractivity contribution in [1.82, 2.24) is 0 Å². The summed E-state index contributed by atoms with van der Waals surface area (Å²) in [6, 6.07) is 9.11. The Morgan fingerprint density at radius 1 is 1.43 bits per heavy atom. The number of nitrogens with zero attached hydrogens (tertiary/aromatic N) is 1. The lowest BCUT2D eigenvalue weighted by atomic mass is 10.2. The van der Waals surface area contributed by atoms with Crippen molar-refractivity contribution in [3.8, 4) is 0 Å². The lowest BCUT2D eigenvalue weighted by molar-refractivity contribution is -0.119. The minimum atomic E-state index is -0.449. The molecule has 0 aliphatic carbocycles. The van der Waals surface area contributed by atoms with Gasteiger partial charge in [0.15, 0.2) is 0 Å². The van der Waals surface area contributed by atoms with Crippen molar-refractivity contribution in [2.45, 2.75) is 19.9 Å². The third kappa shape index (κ3) is 2.33. The van der Waals surface area contributed by atoms with Crippen LogP contribution in [0.25, 0.3) is 0 Å². The molecule has 14 heavy (non-hydrogen) atoms. The number of amides is 1. The highest BCUT2D eigenvalue weighted by Crippen LogP contribution is 2.13. The van der Waals surface area contributed by atoms with Crippen LogP contribution in [0, 0.1) is 0 Å². The summed E-state index contributed by atoms with van der Waals surface area (Å²) in [6.07, 6.45) is 0. The first-order valence-corrected chi connectivity index (χ1v) is 4.78. The molecule has 0 saturated carbocycles. The summed E-state index contributed by atoms with van der Waals surface area (Å²) in [5.41, 5.74) is 6.46. The fourth-order valence-corrected chi connectivity index (χ4v) is 1.32. The molecule has 0 saturated heterocycles. The van der Waals surface area contributed by atoms with Crippen LogP contribution in [0.5, 0.6) is 0 Å². The molecule has 0 fully saturated rings. The number of para-hydroxylation sites is 1. The summed E-state index contributed by atoms with van der Waals surface area (Å²) in [5, 5.41) is 0. The minimum Gasteiger partial charge on any atom is -0.320 e. The van der Waals surface area contributed by atoms with E-state index in [0.29, 0.717) is 6.54 Å². The maximum Gasteiger partial charge on any atom is 0.243 e. The average Bonchev–Trinajstić information content (AvgIpc) is 2.20. The van der Waals surface area contributed by atoms with Gasteiger partial charge in [-0.1, -0.05) is 18.2 Å². The zero-order valence-corrected chi connectivity index (χ0v) is 8.60. The summed E-state index contributed by atoms with van der Waals surface area (Å²) in [6.45, 7) is 4.28. The largest absolute Gasteiger partial charge is 0.320 e. The summed E-state index contributed by atoms with van der Waals surface area (Å²) < 4.78 is 0. The van der Waals surface area contributed by atoms with Crippen LogP contribution >= 0.6 is 0 Å². The van der Waals surface area contributed by atoms with Crippen molar-refractivity contribution in [3.05, 3.63) is 30.3 Å². The van der Waals surface area contributed by atoms with Gasteiger partial charge in [-0.2, -0.15) is 0 Å². The van der Waals surface area contributed by atoms with Gasteiger partial charge >= 0.3 is 0 Å². The second-order valence-corrected chi connectivity index (χ2v) is 3.21. The number of rotatable bonds is 3. The lowest BCUT2D eigenvalue weighted by Gasteiger charge is -2.22. The Morgan fingerprint density at radius 3 is 2.43 bits per heavy atom. The molecule has 0 aromatic heterocycles. The normalized spacial score (nSPS) is 12.2. The molecule has 76 valence electrons. The second-order valence-electron chi connectivity index (χ2n) is 3.21. The molecule has 1 atom stereocenters. The molecular formula is C11H16N2O. The summed E-state index contributed by atoms with van der Waals surface area (Å²) in [5.74, 6) is -0.0429. The topological polar surface area (TPSA) is 46.3 Å². The Labute approximate surface area is 84.5 Å². The average molecular weight is 192 g/mol. The van der Waals surface area contributed by atoms with Crippen LogP contribution in [-0.4, -0.2) is 18.5 Å². The third-order valence-electron chi connectivity index (χ3n) is 2.04. The SMILES string of the molecule is CCN(C(=O)[C@H](C)N)c1ccccc1. The van der Waals surface area contributed by atoms with E-state index in [1.54, 1.807) is 11.8 Å². The van der Waals surface area contributed by atoms with Crippen molar-refractivity contribution in [1.29, 1.82) is 0 Å². The number of nitrogens with two attached hydrogens (primary N) is 1. The van der Waals surface area contributed by atoms with E-state index in [9.17, 15) is 4.79 Å². The van der Waals surface area contributed by atoms with E-state index in [1.165, 1.54) is 0 Å². The van der Waals surface area contributed by atoms with Crippen LogP contribution in [0.15, 0.2) is 30.3 Å². The molecule has 3 nitrogen and oxygen atoms in total. The molecule has 1 aromatic rings. The van der Waals surface area contributed by atoms with E-state index in [2.05, 4.69) is 0 Å². The van der Waals surface area contributed by atoms with Gasteiger partial charge in [0, 0.05) is 12.2 Å². The first-order valence-electron chi connectivity index (χ1n) is 4.78. The quantitative estimate of drug-likeness (QED) is 0.786. The van der Waals surface area contributed by atoms with E-state index in [4.69, 9.17) is 5.73 Å². The molecule has 0 heterocycles. The van der Waals surface area contributed by atoms with E-state index in [0.717, 1.165) is 5.69 Å². The highest BCUT2D eigenvalue weighted by molar-refractivity contribution is 5.96. The molecule has 3 heteroatoms. The van der Waals surface area contributed by atoms with Gasteiger partial charge in [-0.15, -0.1) is 0 Å². The molecule has 0 aliphatic heterocycles. The Bertz CT molecular complexity index is 295. The van der Waals surface area contributed by atoms with Crippen LogP contribution in [0.3, 0.4) is 0 Å². The molecular weight excluding hydrogens is 176 g/mol. The zero-order chi connectivity index (χ0) is 10.6. The van der Waals surface area contributed by atoms with Crippen LogP contribution in [0.2, 0.25) is 0 Å². The molecule has 0 radical (unpaired) electrons. The van der Waals surface area contributed by atoms with Gasteiger partial charge in [0.05, 0.1) is 6.04 Å². The Morgan fingerprint density at radius 2 is 2.00 bits per heavy atom. The first-order chi connectivity index (χ1) is 6.66. The summed E-state index contributed by atoms with van der Waals surface area (Å²) in [7, 11) is 0. The van der Waals surface area contributed by atoms with E-state index >= 15 is 0 Å². The van der Waals surface area contributed by atoms with Gasteiger partial charge in [-0.25, -0.2) is 0 Å². The van der Waals surface area contributed by atoms with Gasteiger partial charge in [0.25, 0.3) is 0 Å². The van der Waals surface area contributed by atoms with Crippen LogP contribution in [0.1, 0.15) is 13.8 Å². The van der Waals surface area contributed by atoms with Crippen molar-refractivity contribution in [2.24, 2.45) is 5.73 Å². The lowest BCUT2D eigenvalue weighted by Crippen LogP contribution is -2.42. The van der Waals surface area contributed by atoms with Crippen LogP contribution < -0.4 is 10.6 Å². The molecule has 2 N–H and O–H groups in total. The number of carbonyl (C=O) groups is 1. The van der Waals surface area contributed by atoms with Crippen molar-refractivity contribution in [3.63, 3.8) is 0 Å². The minimum absolute atomic E-state index is 0.0429. The summed E-state index contributed by atoms with van der Waals surface area (Å²) >= 11 is 0. The zero-order valence-electron chi connectivity index (χ0n) is 8.60. The molecule has 1 rings (SSSR count). The number of hydrogen-bond acceptors (Lipinski definition) is 2. The second kappa shape index (κ2) is 4.77. The monoisotopic (exact) mass is 192 g/mol. The van der Waals surface area contributed by atoms with Gasteiger partial charge < -0.3 is 10.6 Å². The number of hydrogen-bond donors (Lipinski definition) is 1. The van der Waals surface area contributed by atoms with Crippen molar-refractivity contribution >= 4 is 11.6 Å². The molecule has 0 bridgehead atoms. The molecule has 1 amide bonds. The van der Waals surface area contributed by atoms with Gasteiger partial charge in [-0.05, 0) is 26.0 Å². The first kappa shape index (κ1) is 10.7. The molecule has 1 aromatic carbocycles. The van der Waals surface area contributed by atoms with E-state index in [-0.39, 0.29) is 5.91 Å². The third-order valence-corrected chi connectivity index (χ3v) is 2.04. The predicted molar refractivity (Wildman–Crippen MR) is 58.1 cm³/mol. The van der Waals surface area contributed by atoms with Gasteiger partial charge in [0.2, 0.25) is 5.91 Å². The fourth-order valence-electron chi connectivity index (χ4n) is 1.32. The maximum absolute atomic E-state index is 11.7. The van der Waals surface area contributed by atoms with Gasteiger partial charge in [0.1, 0.15) is 0 Å². The van der Waals surface area contributed by atoms with E-state index in [1.807, 2.05) is 37.3 Å². The summed E-state index contributed by atoms with van der Waals surface area (Å²) in [4.78, 5) is 13.4. The highest BCUT2D eigenvalue weighted by Gasteiger charge is 2.16. The van der Waals surface area contributed by atoms with Crippen LogP contribution in [0.4, 0.5) is 5.69 Å². The molecule has 0 aliphatic rings. The van der Waals surface area contributed by atoms with Crippen LogP contribution in [-0.2, 0) is 4.79 Å². The maximum atomic E-state index is 11.7. The standard InChI is InChI=1S/C11H16N2O/c1-3-13(11(14)9(2)12)10-7-5-4-6-8-10/h4-9H,3,12H2,1-2H3/t9-/m0/s1. The molecule has 0 unspecified atom stereocenters. The highest BCUT2D eigenvalue weighted by atomic mass is 16.2. The van der Waals surface area contributed by atoms with E-state index < -0.39 is 6.04 Å². The van der Waals surface area contributed by atoms with Crippen molar-refractivity contribution in [2.75, 3.05) is 11.4 Å². The molecule has 0 spiro atoms. The Balaban J connectivity index is 2.88. The number of carbonyl (C=O) groups excluding carboxylic acids is 1. The fraction of sp³-hybridized carbons (Fsp3) is 0.364. The van der Waals surface area contributed by atoms with Gasteiger partial charge in [-0.3, -0.25) is 4.79 Å². The number of anilines is 1. The Hall–Kier alpha value is -1.35. The van der Waals surface area contributed by atoms with Crippen molar-refractivity contribution < 1.29 is 4.79 Å². The number of likely N-dealkylation sites (N-methyl/N-ethyl adjacent to an activating group) is 1.